The van der Waals surface area contributed by atoms with E-state index in [1.807, 2.05) is 0 Å². The second-order valence-electron chi connectivity index (χ2n) is 4.71. The summed E-state index contributed by atoms with van der Waals surface area (Å²) in [6, 6.07) is 3.43. The Morgan fingerprint density at radius 3 is 2.85 bits per heavy atom. The summed E-state index contributed by atoms with van der Waals surface area (Å²) in [5.74, 6) is 0.554. The van der Waals surface area contributed by atoms with Gasteiger partial charge in [-0.2, -0.15) is 0 Å². The minimum Gasteiger partial charge on any atom is -0.465 e. The molecule has 0 atom stereocenters. The van der Waals surface area contributed by atoms with Crippen molar-refractivity contribution in [2.24, 2.45) is 5.92 Å². The van der Waals surface area contributed by atoms with Gasteiger partial charge >= 0.3 is 6.09 Å². The first-order valence-corrected chi connectivity index (χ1v) is 6.68. The number of carbonyl (C=O) groups excluding carboxylic acids is 2. The van der Waals surface area contributed by atoms with E-state index in [1.54, 1.807) is 12.1 Å². The molecule has 6 heteroatoms. The van der Waals surface area contributed by atoms with E-state index in [1.165, 1.54) is 31.3 Å². The maximum absolute atomic E-state index is 11.4. The maximum Gasteiger partial charge on any atom is 0.426 e. The number of carbonyl (C=O) groups is 2. The molecule has 6 nitrogen and oxygen atoms in total. The van der Waals surface area contributed by atoms with Crippen LogP contribution in [-0.4, -0.2) is 18.6 Å². The molecule has 1 saturated carbocycles. The van der Waals surface area contributed by atoms with Crippen LogP contribution in [0.4, 0.5) is 4.79 Å². The highest BCUT2D eigenvalue weighted by molar-refractivity contribution is 5.92. The molecule has 0 aromatic carbocycles. The molecule has 0 radical (unpaired) electrons. The fourth-order valence-electron chi connectivity index (χ4n) is 2.10. The van der Waals surface area contributed by atoms with Crippen LogP contribution in [0.2, 0.25) is 0 Å². The highest BCUT2D eigenvalue weighted by Gasteiger charge is 2.16. The van der Waals surface area contributed by atoms with Gasteiger partial charge in [0.25, 0.3) is 5.91 Å². The van der Waals surface area contributed by atoms with Gasteiger partial charge in [-0.3, -0.25) is 10.2 Å². The zero-order chi connectivity index (χ0) is 14.2. The summed E-state index contributed by atoms with van der Waals surface area (Å²) in [7, 11) is 0. The standard InChI is InChI=1S/C14H18N2O4/c17-13(8-7-12-6-3-9-19-12)15-16-14(18)20-10-11-4-1-2-5-11/h3,6-9,11H,1-2,4-5,10H2,(H,15,17)(H,16,18). The Bertz CT molecular complexity index is 462. The SMILES string of the molecule is O=C(C=Cc1ccco1)NNC(=O)OCC1CCCC1. The first kappa shape index (κ1) is 14.2. The van der Waals surface area contributed by atoms with Crippen LogP contribution in [0.25, 0.3) is 6.08 Å². The van der Waals surface area contributed by atoms with Crippen molar-refractivity contribution < 1.29 is 18.7 Å². The molecule has 1 aromatic rings. The second kappa shape index (κ2) is 7.37. The van der Waals surface area contributed by atoms with Gasteiger partial charge in [-0.1, -0.05) is 12.8 Å². The van der Waals surface area contributed by atoms with Crippen LogP contribution in [0.3, 0.4) is 0 Å². The second-order valence-corrected chi connectivity index (χ2v) is 4.71. The van der Waals surface area contributed by atoms with Crippen molar-refractivity contribution in [2.75, 3.05) is 6.61 Å². The highest BCUT2D eigenvalue weighted by Crippen LogP contribution is 2.24. The Kier molecular flexibility index (Phi) is 5.23. The summed E-state index contributed by atoms with van der Waals surface area (Å²) >= 11 is 0. The van der Waals surface area contributed by atoms with Gasteiger partial charge in [0.2, 0.25) is 0 Å². The monoisotopic (exact) mass is 278 g/mol. The van der Waals surface area contributed by atoms with E-state index in [0.29, 0.717) is 18.3 Å². The fraction of sp³-hybridized carbons (Fsp3) is 0.429. The predicted octanol–water partition coefficient (Wildman–Crippen LogP) is 2.24. The molecule has 108 valence electrons. The summed E-state index contributed by atoms with van der Waals surface area (Å²) in [5, 5.41) is 0. The van der Waals surface area contributed by atoms with Gasteiger partial charge in [0, 0.05) is 6.08 Å². The molecule has 1 aromatic heterocycles. The lowest BCUT2D eigenvalue weighted by atomic mass is 10.1. The van der Waals surface area contributed by atoms with Crippen LogP contribution in [0.1, 0.15) is 31.4 Å². The van der Waals surface area contributed by atoms with Gasteiger partial charge in [-0.15, -0.1) is 0 Å². The van der Waals surface area contributed by atoms with Crippen molar-refractivity contribution in [1.29, 1.82) is 0 Å². The topological polar surface area (TPSA) is 80.6 Å². The van der Waals surface area contributed by atoms with Gasteiger partial charge in [0.05, 0.1) is 12.9 Å². The predicted molar refractivity (Wildman–Crippen MR) is 72.3 cm³/mol. The molecule has 2 N–H and O–H groups in total. The third kappa shape index (κ3) is 4.79. The summed E-state index contributed by atoms with van der Waals surface area (Å²) in [6.45, 7) is 0.407. The van der Waals surface area contributed by atoms with E-state index in [4.69, 9.17) is 9.15 Å². The van der Waals surface area contributed by atoms with Crippen molar-refractivity contribution in [1.82, 2.24) is 10.9 Å². The first-order chi connectivity index (χ1) is 9.74. The quantitative estimate of drug-likeness (QED) is 0.654. The van der Waals surface area contributed by atoms with E-state index < -0.39 is 12.0 Å². The van der Waals surface area contributed by atoms with E-state index in [-0.39, 0.29) is 0 Å². The zero-order valence-corrected chi connectivity index (χ0v) is 11.1. The molecule has 0 spiro atoms. The molecule has 0 aliphatic heterocycles. The van der Waals surface area contributed by atoms with Crippen LogP contribution in [0.15, 0.2) is 28.9 Å². The first-order valence-electron chi connectivity index (χ1n) is 6.68. The summed E-state index contributed by atoms with van der Waals surface area (Å²) in [5.41, 5.74) is 4.42. The summed E-state index contributed by atoms with van der Waals surface area (Å²) < 4.78 is 10.0. The molecule has 0 bridgehead atoms. The van der Waals surface area contributed by atoms with Crippen molar-refractivity contribution in [3.05, 3.63) is 30.2 Å². The molecule has 1 fully saturated rings. The van der Waals surface area contributed by atoms with Crippen LogP contribution < -0.4 is 10.9 Å². The lowest BCUT2D eigenvalue weighted by Crippen LogP contribution is -2.41. The van der Waals surface area contributed by atoms with Crippen molar-refractivity contribution in [2.45, 2.75) is 25.7 Å². The lowest BCUT2D eigenvalue weighted by molar-refractivity contribution is -0.117. The molecule has 20 heavy (non-hydrogen) atoms. The molecular weight excluding hydrogens is 260 g/mol. The van der Waals surface area contributed by atoms with Crippen molar-refractivity contribution in [3.63, 3.8) is 0 Å². The average Bonchev–Trinajstić information content (AvgIpc) is 3.13. The van der Waals surface area contributed by atoms with Crippen molar-refractivity contribution >= 4 is 18.1 Å². The maximum atomic E-state index is 11.4. The Morgan fingerprint density at radius 2 is 2.15 bits per heavy atom. The number of hydrazine groups is 1. The lowest BCUT2D eigenvalue weighted by Gasteiger charge is -2.10. The Morgan fingerprint density at radius 1 is 1.35 bits per heavy atom. The number of furan rings is 1. The van der Waals surface area contributed by atoms with Gasteiger partial charge in [-0.05, 0) is 37.0 Å². The van der Waals surface area contributed by atoms with E-state index in [2.05, 4.69) is 10.9 Å². The van der Waals surface area contributed by atoms with Gasteiger partial charge in [0.15, 0.2) is 0 Å². The van der Waals surface area contributed by atoms with Crippen LogP contribution >= 0.6 is 0 Å². The van der Waals surface area contributed by atoms with Gasteiger partial charge < -0.3 is 9.15 Å². The van der Waals surface area contributed by atoms with Crippen LogP contribution in [0.5, 0.6) is 0 Å². The zero-order valence-electron chi connectivity index (χ0n) is 11.1. The van der Waals surface area contributed by atoms with Crippen LogP contribution in [0, 0.1) is 5.92 Å². The number of nitrogens with one attached hydrogen (secondary N) is 2. The van der Waals surface area contributed by atoms with E-state index in [0.717, 1.165) is 12.8 Å². The van der Waals surface area contributed by atoms with Crippen LogP contribution in [-0.2, 0) is 9.53 Å². The number of ether oxygens (including phenoxy) is 1. The summed E-state index contributed by atoms with van der Waals surface area (Å²) in [6.07, 6.45) is 8.23. The normalized spacial score (nSPS) is 15.4. The molecule has 1 aliphatic rings. The van der Waals surface area contributed by atoms with Gasteiger partial charge in [0.1, 0.15) is 5.76 Å². The largest absolute Gasteiger partial charge is 0.465 e. The molecule has 2 amide bonds. The smallest absolute Gasteiger partial charge is 0.426 e. The Hall–Kier alpha value is -2.24. The molecule has 1 aliphatic carbocycles. The molecule has 2 rings (SSSR count). The van der Waals surface area contributed by atoms with E-state index >= 15 is 0 Å². The van der Waals surface area contributed by atoms with Crippen molar-refractivity contribution in [3.8, 4) is 0 Å². The third-order valence-corrected chi connectivity index (χ3v) is 3.15. The molecule has 0 saturated heterocycles. The number of hydrogen-bond donors (Lipinski definition) is 2. The average molecular weight is 278 g/mol. The number of rotatable bonds is 4. The van der Waals surface area contributed by atoms with Gasteiger partial charge in [-0.25, -0.2) is 10.2 Å². The highest BCUT2D eigenvalue weighted by atomic mass is 16.6. The number of amides is 2. The molecule has 1 heterocycles. The fourth-order valence-corrected chi connectivity index (χ4v) is 2.10. The third-order valence-electron chi connectivity index (χ3n) is 3.15. The minimum atomic E-state index is -0.642. The summed E-state index contributed by atoms with van der Waals surface area (Å²) in [4.78, 5) is 22.7. The number of hydrogen-bond acceptors (Lipinski definition) is 4. The Labute approximate surface area is 117 Å². The molecule has 0 unspecified atom stereocenters. The van der Waals surface area contributed by atoms with E-state index in [9.17, 15) is 9.59 Å². The minimum absolute atomic E-state index is 0.407. The molecular formula is C14H18N2O4. The Balaban J connectivity index is 1.61.